The molecular formula is C25H25N3O4. The average Bonchev–Trinajstić information content (AvgIpc) is 2.95. The largest absolute Gasteiger partial charge is 0.378 e. The zero-order valence-electron chi connectivity index (χ0n) is 18.9. The fourth-order valence-corrected chi connectivity index (χ4v) is 4.00. The van der Waals surface area contributed by atoms with Gasteiger partial charge in [-0.05, 0) is 51.0 Å². The Morgan fingerprint density at radius 1 is 1.22 bits per heavy atom. The number of rotatable bonds is 6. The van der Waals surface area contributed by atoms with Gasteiger partial charge in [-0.2, -0.15) is 5.26 Å². The summed E-state index contributed by atoms with van der Waals surface area (Å²) in [6, 6.07) is 7.16. The Balaban J connectivity index is 1.88. The molecule has 1 fully saturated rings. The van der Waals surface area contributed by atoms with Crippen molar-refractivity contribution in [2.75, 3.05) is 18.5 Å². The predicted molar refractivity (Wildman–Crippen MR) is 119 cm³/mol. The molecule has 1 aliphatic heterocycles. The van der Waals surface area contributed by atoms with Crippen LogP contribution in [0.2, 0.25) is 0 Å². The number of benzene rings is 1. The summed E-state index contributed by atoms with van der Waals surface area (Å²) in [6.07, 6.45) is -0.0116. The van der Waals surface area contributed by atoms with Crippen molar-refractivity contribution in [1.29, 1.82) is 5.26 Å². The first-order valence-electron chi connectivity index (χ1n) is 10.2. The minimum atomic E-state index is -0.624. The summed E-state index contributed by atoms with van der Waals surface area (Å²) in [5.41, 5.74) is 2.64. The third-order valence-electron chi connectivity index (χ3n) is 5.89. The first-order chi connectivity index (χ1) is 15.1. The molecule has 3 rings (SSSR count). The number of aromatic nitrogens is 1. The molecule has 0 saturated carbocycles. The van der Waals surface area contributed by atoms with Crippen molar-refractivity contribution in [2.45, 2.75) is 34.1 Å². The van der Waals surface area contributed by atoms with E-state index in [0.717, 1.165) is 5.56 Å². The average molecular weight is 431 g/mol. The smallest absolute Gasteiger partial charge is 0.272 e. The SMILES string of the molecule is CC#CC1(CC(=O)C(=O)c2c(C)c(C(=O)Nc3ccc(C)c(C#N)c3)n(C)c2C)COC1. The summed E-state index contributed by atoms with van der Waals surface area (Å²) in [6.45, 7) is 7.53. The Morgan fingerprint density at radius 2 is 1.91 bits per heavy atom. The van der Waals surface area contributed by atoms with E-state index in [1.54, 1.807) is 50.6 Å². The summed E-state index contributed by atoms with van der Waals surface area (Å²) in [5, 5.41) is 12.0. The lowest BCUT2D eigenvalue weighted by molar-refractivity contribution is -0.126. The fourth-order valence-electron chi connectivity index (χ4n) is 4.00. The molecule has 2 aromatic rings. The number of nitrogens with zero attached hydrogens (tertiary/aromatic N) is 2. The van der Waals surface area contributed by atoms with Crippen LogP contribution in [0, 0.1) is 49.4 Å². The maximum absolute atomic E-state index is 13.1. The van der Waals surface area contributed by atoms with Crippen LogP contribution in [0.3, 0.4) is 0 Å². The molecule has 1 N–H and O–H groups in total. The number of anilines is 1. The number of hydrogen-bond donors (Lipinski definition) is 1. The van der Waals surface area contributed by atoms with Gasteiger partial charge in [0.25, 0.3) is 5.91 Å². The fraction of sp³-hybridized carbons (Fsp3) is 0.360. The summed E-state index contributed by atoms with van der Waals surface area (Å²) in [4.78, 5) is 38.9. The lowest BCUT2D eigenvalue weighted by Crippen LogP contribution is -2.44. The van der Waals surface area contributed by atoms with Gasteiger partial charge in [0.1, 0.15) is 5.69 Å². The summed E-state index contributed by atoms with van der Waals surface area (Å²) in [7, 11) is 1.68. The van der Waals surface area contributed by atoms with Gasteiger partial charge in [-0.15, -0.1) is 5.92 Å². The van der Waals surface area contributed by atoms with E-state index in [9.17, 15) is 19.6 Å². The molecule has 1 aromatic carbocycles. The first-order valence-corrected chi connectivity index (χ1v) is 10.2. The first kappa shape index (κ1) is 23.0. The van der Waals surface area contributed by atoms with E-state index in [0.29, 0.717) is 35.7 Å². The van der Waals surface area contributed by atoms with Gasteiger partial charge in [-0.3, -0.25) is 14.4 Å². The number of ether oxygens (including phenoxy) is 1. The molecule has 7 heteroatoms. The van der Waals surface area contributed by atoms with E-state index in [2.05, 4.69) is 23.2 Å². The van der Waals surface area contributed by atoms with E-state index >= 15 is 0 Å². The maximum atomic E-state index is 13.1. The van der Waals surface area contributed by atoms with Crippen LogP contribution in [0.15, 0.2) is 18.2 Å². The highest BCUT2D eigenvalue weighted by atomic mass is 16.5. The number of carbonyl (C=O) groups is 3. The van der Waals surface area contributed by atoms with Crippen LogP contribution >= 0.6 is 0 Å². The van der Waals surface area contributed by atoms with Gasteiger partial charge in [0.15, 0.2) is 0 Å². The third-order valence-corrected chi connectivity index (χ3v) is 5.89. The molecule has 1 aromatic heterocycles. The van der Waals surface area contributed by atoms with Crippen LogP contribution in [0.5, 0.6) is 0 Å². The van der Waals surface area contributed by atoms with Crippen molar-refractivity contribution in [3.63, 3.8) is 0 Å². The molecule has 164 valence electrons. The van der Waals surface area contributed by atoms with Gasteiger partial charge in [-0.25, -0.2) is 0 Å². The molecule has 2 heterocycles. The molecule has 0 atom stereocenters. The topological polar surface area (TPSA) is 101 Å². The predicted octanol–water partition coefficient (Wildman–Crippen LogP) is 3.26. The quantitative estimate of drug-likeness (QED) is 0.430. The second-order valence-corrected chi connectivity index (χ2v) is 8.17. The second kappa shape index (κ2) is 8.82. The maximum Gasteiger partial charge on any atom is 0.272 e. The summed E-state index contributed by atoms with van der Waals surface area (Å²) < 4.78 is 6.83. The van der Waals surface area contributed by atoms with Gasteiger partial charge in [-0.1, -0.05) is 12.0 Å². The molecule has 0 bridgehead atoms. The van der Waals surface area contributed by atoms with Crippen molar-refractivity contribution in [3.8, 4) is 17.9 Å². The van der Waals surface area contributed by atoms with Crippen LogP contribution < -0.4 is 5.32 Å². The Kier molecular flexibility index (Phi) is 6.34. The number of carbonyl (C=O) groups excluding carboxylic acids is 3. The number of aryl methyl sites for hydroxylation is 1. The van der Waals surface area contributed by atoms with Gasteiger partial charge in [0.2, 0.25) is 11.6 Å². The monoisotopic (exact) mass is 431 g/mol. The highest BCUT2D eigenvalue weighted by Crippen LogP contribution is 2.32. The number of nitrogens with one attached hydrogen (secondary N) is 1. The van der Waals surface area contributed by atoms with Crippen LogP contribution in [-0.2, 0) is 16.6 Å². The normalized spacial score (nSPS) is 13.9. The van der Waals surface area contributed by atoms with E-state index in [4.69, 9.17) is 4.74 Å². The lowest BCUT2D eigenvalue weighted by Gasteiger charge is -2.36. The zero-order chi connectivity index (χ0) is 23.6. The van der Waals surface area contributed by atoms with Gasteiger partial charge in [0.05, 0.1) is 35.8 Å². The van der Waals surface area contributed by atoms with Crippen molar-refractivity contribution in [1.82, 2.24) is 4.57 Å². The number of hydrogen-bond acceptors (Lipinski definition) is 5. The van der Waals surface area contributed by atoms with Gasteiger partial charge < -0.3 is 14.6 Å². The molecule has 1 aliphatic rings. The molecule has 0 aliphatic carbocycles. The molecule has 1 amide bonds. The minimum absolute atomic E-state index is 0.0116. The third kappa shape index (κ3) is 4.08. The molecule has 0 unspecified atom stereocenters. The van der Waals surface area contributed by atoms with Crippen molar-refractivity contribution in [2.24, 2.45) is 12.5 Å². The van der Waals surface area contributed by atoms with E-state index < -0.39 is 22.9 Å². The summed E-state index contributed by atoms with van der Waals surface area (Å²) >= 11 is 0. The van der Waals surface area contributed by atoms with Crippen LogP contribution in [0.4, 0.5) is 5.69 Å². The van der Waals surface area contributed by atoms with E-state index in [1.807, 2.05) is 6.92 Å². The van der Waals surface area contributed by atoms with E-state index in [-0.39, 0.29) is 17.7 Å². The number of nitriles is 1. The van der Waals surface area contributed by atoms with Gasteiger partial charge >= 0.3 is 0 Å². The summed E-state index contributed by atoms with van der Waals surface area (Å²) in [5.74, 6) is 4.21. The molecule has 1 saturated heterocycles. The van der Waals surface area contributed by atoms with Crippen molar-refractivity contribution >= 4 is 23.2 Å². The van der Waals surface area contributed by atoms with Crippen LogP contribution in [0.1, 0.15) is 56.6 Å². The van der Waals surface area contributed by atoms with Crippen LogP contribution in [0.25, 0.3) is 0 Å². The second-order valence-electron chi connectivity index (χ2n) is 8.17. The molecule has 7 nitrogen and oxygen atoms in total. The Morgan fingerprint density at radius 3 is 2.47 bits per heavy atom. The lowest BCUT2D eigenvalue weighted by atomic mass is 9.80. The Labute approximate surface area is 187 Å². The van der Waals surface area contributed by atoms with Gasteiger partial charge in [0, 0.05) is 24.8 Å². The molecule has 0 spiro atoms. The number of Topliss-reactive ketones (excluding diaryl/α,β-unsaturated/α-hetero) is 2. The minimum Gasteiger partial charge on any atom is -0.378 e. The number of ketones is 2. The number of amides is 1. The standard InChI is InChI=1S/C25H25N3O4/c1-6-9-25(13-32-14-25)11-20(29)23(30)21-16(3)22(28(5)17(21)4)24(31)27-19-8-7-15(2)18(10-19)12-26/h7-8,10H,11,13-14H2,1-5H3,(H,27,31). The van der Waals surface area contributed by atoms with Crippen molar-refractivity contribution < 1.29 is 19.1 Å². The molecular weight excluding hydrogens is 406 g/mol. The highest BCUT2D eigenvalue weighted by molar-refractivity contribution is 6.44. The van der Waals surface area contributed by atoms with Crippen molar-refractivity contribution in [3.05, 3.63) is 51.8 Å². The molecule has 0 radical (unpaired) electrons. The zero-order valence-corrected chi connectivity index (χ0v) is 18.9. The Hall–Kier alpha value is -3.68. The van der Waals surface area contributed by atoms with E-state index in [1.165, 1.54) is 0 Å². The van der Waals surface area contributed by atoms with Crippen LogP contribution in [-0.4, -0.2) is 35.3 Å². The Bertz CT molecular complexity index is 1230. The molecule has 32 heavy (non-hydrogen) atoms. The highest BCUT2D eigenvalue weighted by Gasteiger charge is 2.41.